The van der Waals surface area contributed by atoms with Gasteiger partial charge in [0.05, 0.1) is 11.7 Å². The number of hydrogen-bond acceptors (Lipinski definition) is 5. The Hall–Kier alpha value is -0.980. The minimum absolute atomic E-state index is 0.0233. The maximum atomic E-state index is 12.6. The first kappa shape index (κ1) is 16.5. The van der Waals surface area contributed by atoms with Crippen LogP contribution < -0.4 is 5.32 Å². The normalized spacial score (nSPS) is 26.9. The van der Waals surface area contributed by atoms with Gasteiger partial charge in [0.15, 0.2) is 5.13 Å². The molecule has 0 unspecified atom stereocenters. The number of nitrogens with zero attached hydrogens (tertiary/aromatic N) is 2. The SMILES string of the molecule is O=C(Nc1nc(C2CCCCC2)cs1)[C@@H]1CCN1C1CCOCC1. The van der Waals surface area contributed by atoms with Crippen molar-refractivity contribution in [1.82, 2.24) is 9.88 Å². The molecule has 0 radical (unpaired) electrons. The molecule has 132 valence electrons. The summed E-state index contributed by atoms with van der Waals surface area (Å²) in [5.41, 5.74) is 1.19. The van der Waals surface area contributed by atoms with E-state index in [0.29, 0.717) is 12.0 Å². The van der Waals surface area contributed by atoms with Gasteiger partial charge in [0, 0.05) is 37.1 Å². The van der Waals surface area contributed by atoms with Gasteiger partial charge in [-0.3, -0.25) is 9.69 Å². The van der Waals surface area contributed by atoms with Crippen LogP contribution in [0.25, 0.3) is 0 Å². The molecule has 2 saturated heterocycles. The van der Waals surface area contributed by atoms with Crippen LogP contribution >= 0.6 is 11.3 Å². The van der Waals surface area contributed by atoms with E-state index in [0.717, 1.165) is 44.2 Å². The van der Waals surface area contributed by atoms with Crippen molar-refractivity contribution >= 4 is 22.4 Å². The fraction of sp³-hybridized carbons (Fsp3) is 0.778. The quantitative estimate of drug-likeness (QED) is 0.905. The number of anilines is 1. The van der Waals surface area contributed by atoms with Crippen LogP contribution in [0.2, 0.25) is 0 Å². The summed E-state index contributed by atoms with van der Waals surface area (Å²) in [6.07, 6.45) is 9.53. The van der Waals surface area contributed by atoms with E-state index in [2.05, 4.69) is 15.6 Å². The van der Waals surface area contributed by atoms with Crippen molar-refractivity contribution in [1.29, 1.82) is 0 Å². The summed E-state index contributed by atoms with van der Waals surface area (Å²) in [4.78, 5) is 19.7. The van der Waals surface area contributed by atoms with Gasteiger partial charge >= 0.3 is 0 Å². The lowest BCUT2D eigenvalue weighted by Gasteiger charge is -2.46. The second-order valence-electron chi connectivity index (χ2n) is 7.29. The van der Waals surface area contributed by atoms with Gasteiger partial charge in [-0.05, 0) is 32.1 Å². The first-order chi connectivity index (χ1) is 11.8. The van der Waals surface area contributed by atoms with E-state index in [9.17, 15) is 4.79 Å². The zero-order chi connectivity index (χ0) is 16.4. The van der Waals surface area contributed by atoms with Crippen molar-refractivity contribution in [2.24, 2.45) is 0 Å². The zero-order valence-electron chi connectivity index (χ0n) is 14.2. The molecule has 1 amide bonds. The topological polar surface area (TPSA) is 54.5 Å². The van der Waals surface area contributed by atoms with Crippen LogP contribution in [-0.2, 0) is 9.53 Å². The Balaban J connectivity index is 1.33. The van der Waals surface area contributed by atoms with E-state index in [1.165, 1.54) is 37.8 Å². The van der Waals surface area contributed by atoms with Crippen LogP contribution in [0.15, 0.2) is 5.38 Å². The predicted molar refractivity (Wildman–Crippen MR) is 95.5 cm³/mol. The molecule has 0 aromatic carbocycles. The molecular formula is C18H27N3O2S. The van der Waals surface area contributed by atoms with Gasteiger partial charge in [-0.15, -0.1) is 11.3 Å². The second-order valence-corrected chi connectivity index (χ2v) is 8.15. The van der Waals surface area contributed by atoms with E-state index >= 15 is 0 Å². The third kappa shape index (κ3) is 3.51. The number of carbonyl (C=O) groups is 1. The predicted octanol–water partition coefficient (Wildman–Crippen LogP) is 3.38. The highest BCUT2D eigenvalue weighted by Crippen LogP contribution is 2.34. The zero-order valence-corrected chi connectivity index (χ0v) is 15.0. The molecule has 5 nitrogen and oxygen atoms in total. The smallest absolute Gasteiger partial charge is 0.243 e. The minimum Gasteiger partial charge on any atom is -0.381 e. The van der Waals surface area contributed by atoms with E-state index in [1.54, 1.807) is 11.3 Å². The van der Waals surface area contributed by atoms with Crippen LogP contribution in [-0.4, -0.2) is 47.6 Å². The maximum absolute atomic E-state index is 12.6. The Morgan fingerprint density at radius 1 is 1.17 bits per heavy atom. The molecule has 1 aromatic heterocycles. The Labute approximate surface area is 147 Å². The Morgan fingerprint density at radius 2 is 1.96 bits per heavy atom. The molecule has 1 aromatic rings. The number of thiazole rings is 1. The molecule has 6 heteroatoms. The summed E-state index contributed by atoms with van der Waals surface area (Å²) in [6, 6.07) is 0.535. The number of ether oxygens (including phenoxy) is 1. The van der Waals surface area contributed by atoms with Crippen LogP contribution in [0.4, 0.5) is 5.13 Å². The van der Waals surface area contributed by atoms with Gasteiger partial charge in [-0.1, -0.05) is 19.3 Å². The van der Waals surface area contributed by atoms with Crippen molar-refractivity contribution < 1.29 is 9.53 Å². The standard InChI is InChI=1S/C18H27N3O2S/c22-17(16-6-9-21(16)14-7-10-23-11-8-14)20-18-19-15(12-24-18)13-4-2-1-3-5-13/h12-14,16H,1-11H2,(H,19,20,22)/t16-/m0/s1. The van der Waals surface area contributed by atoms with Crippen molar-refractivity contribution in [3.05, 3.63) is 11.1 Å². The minimum atomic E-state index is 0.0233. The molecule has 1 saturated carbocycles. The van der Waals surface area contributed by atoms with Crippen molar-refractivity contribution in [2.45, 2.75) is 69.4 Å². The first-order valence-corrected chi connectivity index (χ1v) is 10.3. The van der Waals surface area contributed by atoms with Crippen LogP contribution in [0.3, 0.4) is 0 Å². The maximum Gasteiger partial charge on any atom is 0.243 e. The average molecular weight is 350 g/mol. The van der Waals surface area contributed by atoms with E-state index < -0.39 is 0 Å². The number of rotatable bonds is 4. The number of likely N-dealkylation sites (tertiary alicyclic amines) is 1. The molecule has 1 aliphatic carbocycles. The highest BCUT2D eigenvalue weighted by Gasteiger charge is 2.39. The van der Waals surface area contributed by atoms with E-state index in [-0.39, 0.29) is 11.9 Å². The van der Waals surface area contributed by atoms with Crippen LogP contribution in [0.5, 0.6) is 0 Å². The molecule has 1 N–H and O–H groups in total. The fourth-order valence-electron chi connectivity index (χ4n) is 4.26. The summed E-state index contributed by atoms with van der Waals surface area (Å²) in [6.45, 7) is 2.69. The summed E-state index contributed by atoms with van der Waals surface area (Å²) >= 11 is 1.58. The summed E-state index contributed by atoms with van der Waals surface area (Å²) < 4.78 is 5.43. The number of aromatic nitrogens is 1. The lowest BCUT2D eigenvalue weighted by molar-refractivity contribution is -0.129. The molecule has 0 bridgehead atoms. The van der Waals surface area contributed by atoms with Gasteiger partial charge in [0.25, 0.3) is 0 Å². The third-order valence-corrected chi connectivity index (χ3v) is 6.58. The Bertz CT molecular complexity index is 564. The molecular weight excluding hydrogens is 322 g/mol. The third-order valence-electron chi connectivity index (χ3n) is 5.80. The van der Waals surface area contributed by atoms with Crippen LogP contribution in [0, 0.1) is 0 Å². The van der Waals surface area contributed by atoms with Gasteiger partial charge in [0.1, 0.15) is 0 Å². The van der Waals surface area contributed by atoms with Gasteiger partial charge in [-0.25, -0.2) is 4.98 Å². The van der Waals surface area contributed by atoms with Crippen molar-refractivity contribution in [3.63, 3.8) is 0 Å². The molecule has 3 aliphatic rings. The molecule has 3 fully saturated rings. The molecule has 2 aliphatic heterocycles. The van der Waals surface area contributed by atoms with E-state index in [1.807, 2.05) is 0 Å². The highest BCUT2D eigenvalue weighted by atomic mass is 32.1. The van der Waals surface area contributed by atoms with Gasteiger partial charge in [-0.2, -0.15) is 0 Å². The number of amides is 1. The fourth-order valence-corrected chi connectivity index (χ4v) is 5.06. The first-order valence-electron chi connectivity index (χ1n) is 9.41. The second kappa shape index (κ2) is 7.50. The largest absolute Gasteiger partial charge is 0.381 e. The summed E-state index contributed by atoms with van der Waals surface area (Å²) in [7, 11) is 0. The number of nitrogens with one attached hydrogen (secondary N) is 1. The lowest BCUT2D eigenvalue weighted by Crippen LogP contribution is -2.59. The Morgan fingerprint density at radius 3 is 2.67 bits per heavy atom. The number of hydrogen-bond donors (Lipinski definition) is 1. The molecule has 4 rings (SSSR count). The van der Waals surface area contributed by atoms with Crippen LogP contribution in [0.1, 0.15) is 63.0 Å². The summed E-state index contributed by atoms with van der Waals surface area (Å²) in [5, 5.41) is 5.99. The summed E-state index contributed by atoms with van der Waals surface area (Å²) in [5.74, 6) is 0.723. The molecule has 1 atom stereocenters. The highest BCUT2D eigenvalue weighted by molar-refractivity contribution is 7.13. The van der Waals surface area contributed by atoms with Gasteiger partial charge < -0.3 is 10.1 Å². The molecule has 24 heavy (non-hydrogen) atoms. The van der Waals surface area contributed by atoms with Crippen molar-refractivity contribution in [2.75, 3.05) is 25.1 Å². The van der Waals surface area contributed by atoms with E-state index in [4.69, 9.17) is 9.72 Å². The lowest BCUT2D eigenvalue weighted by atomic mass is 9.87. The van der Waals surface area contributed by atoms with Gasteiger partial charge in [0.2, 0.25) is 5.91 Å². The van der Waals surface area contributed by atoms with Crippen molar-refractivity contribution in [3.8, 4) is 0 Å². The average Bonchev–Trinajstić information content (AvgIpc) is 3.04. The number of carbonyl (C=O) groups excluding carboxylic acids is 1. The molecule has 0 spiro atoms. The Kier molecular flexibility index (Phi) is 5.15. The monoisotopic (exact) mass is 349 g/mol. The molecule has 3 heterocycles.